The molecule has 4 nitrogen and oxygen atoms in total. The number of aromatic nitrogens is 1. The van der Waals surface area contributed by atoms with E-state index in [2.05, 4.69) is 10.3 Å². The van der Waals surface area contributed by atoms with Crippen LogP contribution in [0.3, 0.4) is 0 Å². The predicted octanol–water partition coefficient (Wildman–Crippen LogP) is 2.18. The van der Waals surface area contributed by atoms with Gasteiger partial charge in [-0.2, -0.15) is 0 Å². The number of rotatable bonds is 2. The SMILES string of the molecule is Nc1cccc(NC(=O)C2CCCCC2)n1. The summed E-state index contributed by atoms with van der Waals surface area (Å²) in [6, 6.07) is 5.26. The summed E-state index contributed by atoms with van der Waals surface area (Å²) in [6.45, 7) is 0. The second kappa shape index (κ2) is 4.96. The number of anilines is 2. The molecular weight excluding hydrogens is 202 g/mol. The van der Waals surface area contributed by atoms with Crippen LogP contribution < -0.4 is 11.1 Å². The number of amides is 1. The Morgan fingerprint density at radius 2 is 2.06 bits per heavy atom. The highest BCUT2D eigenvalue weighted by Crippen LogP contribution is 2.24. The molecule has 1 aromatic rings. The van der Waals surface area contributed by atoms with E-state index in [4.69, 9.17) is 5.73 Å². The average Bonchev–Trinajstić information content (AvgIpc) is 2.30. The Kier molecular flexibility index (Phi) is 3.39. The summed E-state index contributed by atoms with van der Waals surface area (Å²) in [4.78, 5) is 15.9. The maximum Gasteiger partial charge on any atom is 0.228 e. The van der Waals surface area contributed by atoms with Crippen LogP contribution >= 0.6 is 0 Å². The molecule has 0 spiro atoms. The molecule has 1 aliphatic carbocycles. The Hall–Kier alpha value is -1.58. The zero-order chi connectivity index (χ0) is 11.4. The van der Waals surface area contributed by atoms with Gasteiger partial charge in [-0.1, -0.05) is 25.3 Å². The average molecular weight is 219 g/mol. The highest BCUT2D eigenvalue weighted by atomic mass is 16.1. The molecule has 1 amide bonds. The first-order valence-electron chi connectivity index (χ1n) is 5.79. The molecule has 2 rings (SSSR count). The van der Waals surface area contributed by atoms with E-state index in [1.165, 1.54) is 6.42 Å². The molecule has 1 saturated carbocycles. The molecule has 0 aromatic carbocycles. The van der Waals surface area contributed by atoms with E-state index in [9.17, 15) is 4.79 Å². The summed E-state index contributed by atoms with van der Waals surface area (Å²) in [6.07, 6.45) is 5.55. The minimum atomic E-state index is 0.0813. The smallest absolute Gasteiger partial charge is 0.228 e. The van der Waals surface area contributed by atoms with Gasteiger partial charge in [-0.3, -0.25) is 4.79 Å². The fourth-order valence-electron chi connectivity index (χ4n) is 2.11. The second-order valence-corrected chi connectivity index (χ2v) is 4.27. The Morgan fingerprint density at radius 3 is 2.75 bits per heavy atom. The van der Waals surface area contributed by atoms with Gasteiger partial charge in [-0.05, 0) is 25.0 Å². The van der Waals surface area contributed by atoms with Gasteiger partial charge < -0.3 is 11.1 Å². The first-order valence-corrected chi connectivity index (χ1v) is 5.79. The predicted molar refractivity (Wildman–Crippen MR) is 63.9 cm³/mol. The first-order chi connectivity index (χ1) is 7.75. The Labute approximate surface area is 95.3 Å². The number of nitrogen functional groups attached to an aromatic ring is 1. The Morgan fingerprint density at radius 1 is 1.31 bits per heavy atom. The summed E-state index contributed by atoms with van der Waals surface area (Å²) < 4.78 is 0. The van der Waals surface area contributed by atoms with E-state index in [0.29, 0.717) is 11.6 Å². The van der Waals surface area contributed by atoms with Crippen molar-refractivity contribution in [2.75, 3.05) is 11.1 Å². The fourth-order valence-corrected chi connectivity index (χ4v) is 2.11. The molecule has 1 heterocycles. The number of nitrogens with zero attached hydrogens (tertiary/aromatic N) is 1. The monoisotopic (exact) mass is 219 g/mol. The van der Waals surface area contributed by atoms with Gasteiger partial charge in [0.25, 0.3) is 0 Å². The van der Waals surface area contributed by atoms with Gasteiger partial charge in [0.05, 0.1) is 0 Å². The third-order valence-electron chi connectivity index (χ3n) is 3.00. The summed E-state index contributed by atoms with van der Waals surface area (Å²) in [5.74, 6) is 1.21. The normalized spacial score (nSPS) is 17.0. The van der Waals surface area contributed by atoms with E-state index in [0.717, 1.165) is 25.7 Å². The van der Waals surface area contributed by atoms with Crippen molar-refractivity contribution in [3.63, 3.8) is 0 Å². The maximum atomic E-state index is 11.9. The van der Waals surface area contributed by atoms with Gasteiger partial charge in [0, 0.05) is 5.92 Å². The number of pyridine rings is 1. The lowest BCUT2D eigenvalue weighted by atomic mass is 9.89. The van der Waals surface area contributed by atoms with Crippen molar-refractivity contribution in [1.29, 1.82) is 0 Å². The van der Waals surface area contributed by atoms with E-state index in [1.54, 1.807) is 18.2 Å². The molecule has 1 fully saturated rings. The van der Waals surface area contributed by atoms with E-state index < -0.39 is 0 Å². The molecule has 16 heavy (non-hydrogen) atoms. The molecule has 0 radical (unpaired) electrons. The molecule has 0 saturated heterocycles. The third-order valence-corrected chi connectivity index (χ3v) is 3.00. The zero-order valence-electron chi connectivity index (χ0n) is 9.28. The molecule has 0 bridgehead atoms. The number of nitrogens with two attached hydrogens (primary N) is 1. The molecule has 1 aliphatic rings. The molecule has 3 N–H and O–H groups in total. The summed E-state index contributed by atoms with van der Waals surface area (Å²) in [7, 11) is 0. The quantitative estimate of drug-likeness (QED) is 0.801. The second-order valence-electron chi connectivity index (χ2n) is 4.27. The summed E-state index contributed by atoms with van der Waals surface area (Å²) in [5, 5.41) is 2.82. The van der Waals surface area contributed by atoms with Crippen molar-refractivity contribution < 1.29 is 4.79 Å². The van der Waals surface area contributed by atoms with Crippen LogP contribution in [0.1, 0.15) is 32.1 Å². The molecule has 1 aromatic heterocycles. The molecular formula is C12H17N3O. The van der Waals surface area contributed by atoms with E-state index in [1.807, 2.05) is 0 Å². The van der Waals surface area contributed by atoms with Gasteiger partial charge in [0.2, 0.25) is 5.91 Å². The summed E-state index contributed by atoms with van der Waals surface area (Å²) in [5.41, 5.74) is 5.55. The minimum Gasteiger partial charge on any atom is -0.384 e. The van der Waals surface area contributed by atoms with Gasteiger partial charge in [-0.25, -0.2) is 4.98 Å². The summed E-state index contributed by atoms with van der Waals surface area (Å²) >= 11 is 0. The van der Waals surface area contributed by atoms with Gasteiger partial charge in [-0.15, -0.1) is 0 Å². The van der Waals surface area contributed by atoms with Crippen LogP contribution in [0.25, 0.3) is 0 Å². The van der Waals surface area contributed by atoms with Crippen LogP contribution in [-0.2, 0) is 4.79 Å². The van der Waals surface area contributed by atoms with Crippen molar-refractivity contribution in [2.24, 2.45) is 5.92 Å². The topological polar surface area (TPSA) is 68.0 Å². The van der Waals surface area contributed by atoms with Crippen molar-refractivity contribution in [3.8, 4) is 0 Å². The number of nitrogens with one attached hydrogen (secondary N) is 1. The van der Waals surface area contributed by atoms with Crippen LogP contribution in [0.4, 0.5) is 11.6 Å². The number of hydrogen-bond acceptors (Lipinski definition) is 3. The highest BCUT2D eigenvalue weighted by molar-refractivity contribution is 5.91. The highest BCUT2D eigenvalue weighted by Gasteiger charge is 2.21. The standard InChI is InChI=1S/C12H17N3O/c13-10-7-4-8-11(14-10)15-12(16)9-5-2-1-3-6-9/h4,7-9H,1-3,5-6H2,(H3,13,14,15,16). The number of carbonyl (C=O) groups excluding carboxylic acids is 1. The zero-order valence-corrected chi connectivity index (χ0v) is 9.28. The van der Waals surface area contributed by atoms with Crippen molar-refractivity contribution in [2.45, 2.75) is 32.1 Å². The van der Waals surface area contributed by atoms with Crippen LogP contribution in [-0.4, -0.2) is 10.9 Å². The molecule has 4 heteroatoms. The lowest BCUT2D eigenvalue weighted by Gasteiger charge is -2.20. The van der Waals surface area contributed by atoms with Gasteiger partial charge in [0.15, 0.2) is 0 Å². The lowest BCUT2D eigenvalue weighted by molar-refractivity contribution is -0.120. The molecule has 0 atom stereocenters. The lowest BCUT2D eigenvalue weighted by Crippen LogP contribution is -2.25. The van der Waals surface area contributed by atoms with Crippen molar-refractivity contribution in [3.05, 3.63) is 18.2 Å². The number of carbonyl (C=O) groups is 1. The van der Waals surface area contributed by atoms with Gasteiger partial charge >= 0.3 is 0 Å². The first kappa shape index (κ1) is 10.9. The van der Waals surface area contributed by atoms with Crippen LogP contribution in [0, 0.1) is 5.92 Å². The molecule has 0 aliphatic heterocycles. The van der Waals surface area contributed by atoms with Crippen LogP contribution in [0.2, 0.25) is 0 Å². The van der Waals surface area contributed by atoms with Gasteiger partial charge in [0.1, 0.15) is 11.6 Å². The van der Waals surface area contributed by atoms with Crippen LogP contribution in [0.5, 0.6) is 0 Å². The third kappa shape index (κ3) is 2.72. The van der Waals surface area contributed by atoms with Crippen molar-refractivity contribution in [1.82, 2.24) is 4.98 Å². The molecule has 86 valence electrons. The largest absolute Gasteiger partial charge is 0.384 e. The van der Waals surface area contributed by atoms with E-state index >= 15 is 0 Å². The van der Waals surface area contributed by atoms with Crippen LogP contribution in [0.15, 0.2) is 18.2 Å². The Balaban J connectivity index is 1.96. The van der Waals surface area contributed by atoms with Crippen molar-refractivity contribution >= 4 is 17.5 Å². The number of hydrogen-bond donors (Lipinski definition) is 2. The minimum absolute atomic E-state index is 0.0813. The van der Waals surface area contributed by atoms with E-state index in [-0.39, 0.29) is 11.8 Å². The molecule has 0 unspecified atom stereocenters. The fraction of sp³-hybridized carbons (Fsp3) is 0.500. The Bertz CT molecular complexity index is 372. The maximum absolute atomic E-state index is 11.9.